The molecule has 0 unspecified atom stereocenters. The zero-order valence-electron chi connectivity index (χ0n) is 9.13. The Morgan fingerprint density at radius 3 is 2.59 bits per heavy atom. The molecule has 0 bridgehead atoms. The number of rotatable bonds is 3. The van der Waals surface area contributed by atoms with Crippen LogP contribution in [0.4, 0.5) is 10.1 Å². The molecule has 6 heteroatoms. The molecular formula is C11H10FN3O2. The van der Waals surface area contributed by atoms with Crippen LogP contribution in [0.3, 0.4) is 0 Å². The van der Waals surface area contributed by atoms with Crippen LogP contribution in [0.2, 0.25) is 0 Å². The van der Waals surface area contributed by atoms with Crippen LogP contribution in [0, 0.1) is 22.9 Å². The summed E-state index contributed by atoms with van der Waals surface area (Å²) in [5.74, 6) is -0.308. The highest BCUT2D eigenvalue weighted by molar-refractivity contribution is 5.32. The molecule has 2 rings (SSSR count). The number of hydrogen-bond acceptors (Lipinski definition) is 3. The van der Waals surface area contributed by atoms with Crippen molar-refractivity contribution in [3.8, 4) is 0 Å². The third-order valence-corrected chi connectivity index (χ3v) is 2.52. The molecular weight excluding hydrogens is 225 g/mol. The zero-order valence-corrected chi connectivity index (χ0v) is 9.13. The number of aromatic nitrogens is 2. The van der Waals surface area contributed by atoms with Gasteiger partial charge in [0.2, 0.25) is 0 Å². The first-order chi connectivity index (χ1) is 8.08. The molecule has 0 aliphatic carbocycles. The summed E-state index contributed by atoms with van der Waals surface area (Å²) in [7, 11) is 0. The lowest BCUT2D eigenvalue weighted by Crippen LogP contribution is -2.04. The Labute approximate surface area is 96.6 Å². The molecule has 0 aliphatic rings. The summed E-state index contributed by atoms with van der Waals surface area (Å²) in [4.78, 5) is 10.2. The van der Waals surface area contributed by atoms with Crippen molar-refractivity contribution in [3.05, 3.63) is 57.7 Å². The maximum atomic E-state index is 12.7. The molecule has 1 aromatic carbocycles. The molecule has 0 atom stereocenters. The molecule has 0 spiro atoms. The summed E-state index contributed by atoms with van der Waals surface area (Å²) in [6.07, 6.45) is 1.22. The molecule has 1 aromatic heterocycles. The third kappa shape index (κ3) is 2.30. The molecule has 1 heterocycles. The average Bonchev–Trinajstić information content (AvgIpc) is 2.64. The van der Waals surface area contributed by atoms with Crippen LogP contribution in [-0.4, -0.2) is 14.7 Å². The second-order valence-corrected chi connectivity index (χ2v) is 3.66. The van der Waals surface area contributed by atoms with Gasteiger partial charge >= 0.3 is 5.69 Å². The summed E-state index contributed by atoms with van der Waals surface area (Å²) < 4.78 is 14.2. The van der Waals surface area contributed by atoms with Crippen LogP contribution in [0.15, 0.2) is 30.5 Å². The largest absolute Gasteiger partial charge is 0.309 e. The lowest BCUT2D eigenvalue weighted by atomic mass is 10.2. The Bertz CT molecular complexity index is 548. The fraction of sp³-hybridized carbons (Fsp3) is 0.182. The van der Waals surface area contributed by atoms with Gasteiger partial charge in [0.15, 0.2) is 0 Å². The van der Waals surface area contributed by atoms with Crippen LogP contribution in [0.1, 0.15) is 11.3 Å². The van der Waals surface area contributed by atoms with Gasteiger partial charge < -0.3 is 0 Å². The lowest BCUT2D eigenvalue weighted by Gasteiger charge is -2.03. The van der Waals surface area contributed by atoms with Crippen molar-refractivity contribution in [2.45, 2.75) is 13.5 Å². The van der Waals surface area contributed by atoms with Gasteiger partial charge in [0.05, 0.1) is 11.5 Å². The summed E-state index contributed by atoms with van der Waals surface area (Å²) >= 11 is 0. The van der Waals surface area contributed by atoms with Crippen molar-refractivity contribution in [1.82, 2.24) is 9.78 Å². The lowest BCUT2D eigenvalue weighted by molar-refractivity contribution is -0.385. The van der Waals surface area contributed by atoms with Gasteiger partial charge in [-0.15, -0.1) is 0 Å². The minimum atomic E-state index is -0.469. The summed E-state index contributed by atoms with van der Waals surface area (Å²) in [5, 5.41) is 14.6. The summed E-state index contributed by atoms with van der Waals surface area (Å²) in [6, 6.07) is 5.95. The van der Waals surface area contributed by atoms with E-state index in [0.29, 0.717) is 12.2 Å². The van der Waals surface area contributed by atoms with Gasteiger partial charge in [0.25, 0.3) is 0 Å². The molecule has 0 aliphatic heterocycles. The van der Waals surface area contributed by atoms with Gasteiger partial charge in [-0.25, -0.2) is 4.39 Å². The first-order valence-corrected chi connectivity index (χ1v) is 4.99. The van der Waals surface area contributed by atoms with Crippen LogP contribution in [0.25, 0.3) is 0 Å². The first-order valence-electron chi connectivity index (χ1n) is 4.99. The second kappa shape index (κ2) is 4.32. The summed E-state index contributed by atoms with van der Waals surface area (Å²) in [6.45, 7) is 2.02. The Morgan fingerprint density at radius 1 is 1.41 bits per heavy atom. The van der Waals surface area contributed by atoms with Gasteiger partial charge in [-0.3, -0.25) is 14.8 Å². The van der Waals surface area contributed by atoms with E-state index in [9.17, 15) is 14.5 Å². The fourth-order valence-corrected chi connectivity index (χ4v) is 1.54. The maximum absolute atomic E-state index is 12.7. The van der Waals surface area contributed by atoms with Gasteiger partial charge in [0.1, 0.15) is 17.7 Å². The predicted octanol–water partition coefficient (Wildman–Crippen LogP) is 2.29. The molecule has 5 nitrogen and oxygen atoms in total. The fourth-order valence-electron chi connectivity index (χ4n) is 1.54. The number of nitro groups is 1. The molecule has 0 saturated carbocycles. The van der Waals surface area contributed by atoms with Crippen molar-refractivity contribution in [3.63, 3.8) is 0 Å². The van der Waals surface area contributed by atoms with Crippen molar-refractivity contribution in [1.29, 1.82) is 0 Å². The van der Waals surface area contributed by atoms with E-state index >= 15 is 0 Å². The molecule has 0 radical (unpaired) electrons. The van der Waals surface area contributed by atoms with E-state index < -0.39 is 4.92 Å². The van der Waals surface area contributed by atoms with Gasteiger partial charge in [-0.1, -0.05) is 12.1 Å². The third-order valence-electron chi connectivity index (χ3n) is 2.52. The Balaban J connectivity index is 2.24. The molecule has 2 aromatic rings. The standard InChI is InChI=1S/C11H10FN3O2/c1-8-11(15(16)17)6-13-14(8)7-9-2-4-10(12)5-3-9/h2-6H,7H2,1H3. The van der Waals surface area contributed by atoms with Gasteiger partial charge in [0, 0.05) is 0 Å². The summed E-state index contributed by atoms with van der Waals surface area (Å²) in [5.41, 5.74) is 1.32. The van der Waals surface area contributed by atoms with Crippen LogP contribution in [-0.2, 0) is 6.54 Å². The van der Waals surface area contributed by atoms with E-state index in [1.807, 2.05) is 0 Å². The number of halogens is 1. The minimum Gasteiger partial charge on any atom is -0.258 e. The SMILES string of the molecule is Cc1c([N+](=O)[O-])cnn1Cc1ccc(F)cc1. The van der Waals surface area contributed by atoms with Crippen molar-refractivity contribution < 1.29 is 9.31 Å². The molecule has 0 amide bonds. The first kappa shape index (κ1) is 11.3. The van der Waals surface area contributed by atoms with E-state index in [2.05, 4.69) is 5.10 Å². The van der Waals surface area contributed by atoms with E-state index in [-0.39, 0.29) is 11.5 Å². The topological polar surface area (TPSA) is 61.0 Å². The minimum absolute atomic E-state index is 0.00730. The van der Waals surface area contributed by atoms with Gasteiger partial charge in [-0.2, -0.15) is 5.10 Å². The Morgan fingerprint density at radius 2 is 2.06 bits per heavy atom. The van der Waals surface area contributed by atoms with Crippen molar-refractivity contribution in [2.24, 2.45) is 0 Å². The highest BCUT2D eigenvalue weighted by atomic mass is 19.1. The molecule has 88 valence electrons. The van der Waals surface area contributed by atoms with Crippen LogP contribution >= 0.6 is 0 Å². The number of benzene rings is 1. The molecule has 0 N–H and O–H groups in total. The van der Waals surface area contributed by atoms with Crippen molar-refractivity contribution >= 4 is 5.69 Å². The monoisotopic (exact) mass is 235 g/mol. The Hall–Kier alpha value is -2.24. The molecule has 0 fully saturated rings. The normalized spacial score (nSPS) is 10.5. The highest BCUT2D eigenvalue weighted by Gasteiger charge is 2.16. The highest BCUT2D eigenvalue weighted by Crippen LogP contribution is 2.17. The molecule has 17 heavy (non-hydrogen) atoms. The predicted molar refractivity (Wildman–Crippen MR) is 59.1 cm³/mol. The number of hydrogen-bond donors (Lipinski definition) is 0. The van der Waals surface area contributed by atoms with Crippen LogP contribution < -0.4 is 0 Å². The molecule has 0 saturated heterocycles. The van der Waals surface area contributed by atoms with E-state index in [1.165, 1.54) is 23.0 Å². The maximum Gasteiger partial charge on any atom is 0.309 e. The average molecular weight is 235 g/mol. The number of nitrogens with zero attached hydrogens (tertiary/aromatic N) is 3. The van der Waals surface area contributed by atoms with E-state index in [1.54, 1.807) is 19.1 Å². The second-order valence-electron chi connectivity index (χ2n) is 3.66. The zero-order chi connectivity index (χ0) is 12.4. The van der Waals surface area contributed by atoms with E-state index in [4.69, 9.17) is 0 Å². The van der Waals surface area contributed by atoms with Crippen molar-refractivity contribution in [2.75, 3.05) is 0 Å². The quantitative estimate of drug-likeness (QED) is 0.605. The van der Waals surface area contributed by atoms with Crippen LogP contribution in [0.5, 0.6) is 0 Å². The van der Waals surface area contributed by atoms with Gasteiger partial charge in [-0.05, 0) is 24.6 Å². The van der Waals surface area contributed by atoms with E-state index in [0.717, 1.165) is 5.56 Å². The smallest absolute Gasteiger partial charge is 0.258 e. The Kier molecular flexibility index (Phi) is 2.86.